The SMILES string of the molecule is C[N+](C)(Cc1ccccc1)CC(O)COc1ccc(-c2ccccc2)cc1.[Cl-]. The predicted molar refractivity (Wildman–Crippen MR) is 111 cm³/mol. The highest BCUT2D eigenvalue weighted by Gasteiger charge is 2.21. The summed E-state index contributed by atoms with van der Waals surface area (Å²) in [7, 11) is 4.26. The third kappa shape index (κ3) is 6.68. The fourth-order valence-electron chi connectivity index (χ4n) is 3.33. The zero-order valence-electron chi connectivity index (χ0n) is 16.5. The van der Waals surface area contributed by atoms with E-state index < -0.39 is 6.10 Å². The minimum absolute atomic E-state index is 0. The van der Waals surface area contributed by atoms with Crippen LogP contribution in [0.5, 0.6) is 5.75 Å². The van der Waals surface area contributed by atoms with Crippen molar-refractivity contribution in [2.24, 2.45) is 0 Å². The molecule has 0 aliphatic rings. The van der Waals surface area contributed by atoms with Gasteiger partial charge in [-0.2, -0.15) is 0 Å². The van der Waals surface area contributed by atoms with Crippen LogP contribution in [0.1, 0.15) is 5.56 Å². The molecule has 3 aromatic carbocycles. The van der Waals surface area contributed by atoms with Crippen LogP contribution in [0.25, 0.3) is 11.1 Å². The molecule has 3 aromatic rings. The van der Waals surface area contributed by atoms with E-state index in [9.17, 15) is 5.11 Å². The second kappa shape index (κ2) is 10.3. The molecule has 0 amide bonds. The number of quaternary nitrogens is 1. The lowest BCUT2D eigenvalue weighted by atomic mass is 10.1. The standard InChI is InChI=1S/C24H28NO2.ClH/c1-25(2,17-20-9-5-3-6-10-20)18-23(26)19-27-24-15-13-22(14-16-24)21-11-7-4-8-12-21;/h3-16,23,26H,17-19H2,1-2H3;1H/q+1;/p-1. The van der Waals surface area contributed by atoms with E-state index in [1.807, 2.05) is 60.7 Å². The lowest BCUT2D eigenvalue weighted by molar-refractivity contribution is -0.906. The molecule has 4 heteroatoms. The number of rotatable bonds is 8. The highest BCUT2D eigenvalue weighted by atomic mass is 35.5. The average molecular weight is 398 g/mol. The highest BCUT2D eigenvalue weighted by molar-refractivity contribution is 5.63. The normalized spacial score (nSPS) is 12.1. The van der Waals surface area contributed by atoms with Crippen LogP contribution in [0.3, 0.4) is 0 Å². The molecular weight excluding hydrogens is 370 g/mol. The van der Waals surface area contributed by atoms with E-state index in [2.05, 4.69) is 38.4 Å². The van der Waals surface area contributed by atoms with Gasteiger partial charge in [0.25, 0.3) is 0 Å². The van der Waals surface area contributed by atoms with E-state index in [4.69, 9.17) is 4.74 Å². The quantitative estimate of drug-likeness (QED) is 0.582. The van der Waals surface area contributed by atoms with Crippen LogP contribution in [0, 0.1) is 0 Å². The molecule has 0 bridgehead atoms. The van der Waals surface area contributed by atoms with Crippen molar-refractivity contribution in [2.45, 2.75) is 12.6 Å². The largest absolute Gasteiger partial charge is 1.00 e. The van der Waals surface area contributed by atoms with Crippen molar-refractivity contribution in [3.63, 3.8) is 0 Å². The van der Waals surface area contributed by atoms with E-state index in [0.717, 1.165) is 17.9 Å². The fourth-order valence-corrected chi connectivity index (χ4v) is 3.33. The van der Waals surface area contributed by atoms with Crippen LogP contribution in [0.15, 0.2) is 84.9 Å². The molecule has 0 saturated heterocycles. The second-order valence-corrected chi connectivity index (χ2v) is 7.62. The Labute approximate surface area is 174 Å². The molecule has 1 N–H and O–H groups in total. The summed E-state index contributed by atoms with van der Waals surface area (Å²) < 4.78 is 6.50. The van der Waals surface area contributed by atoms with Crippen molar-refractivity contribution in [3.8, 4) is 16.9 Å². The number of benzene rings is 3. The van der Waals surface area contributed by atoms with E-state index in [1.54, 1.807) is 0 Å². The molecule has 0 saturated carbocycles. The Kier molecular flexibility index (Phi) is 8.06. The molecule has 0 fully saturated rings. The van der Waals surface area contributed by atoms with Crippen molar-refractivity contribution in [1.29, 1.82) is 0 Å². The minimum atomic E-state index is -0.516. The molecule has 3 rings (SSSR count). The molecular formula is C24H28ClNO2. The van der Waals surface area contributed by atoms with Gasteiger partial charge in [0, 0.05) is 5.56 Å². The molecule has 3 nitrogen and oxygen atoms in total. The summed E-state index contributed by atoms with van der Waals surface area (Å²) in [6, 6.07) is 28.6. The zero-order chi connectivity index (χ0) is 19.1. The van der Waals surface area contributed by atoms with Gasteiger partial charge in [0.05, 0.1) is 14.1 Å². The van der Waals surface area contributed by atoms with Crippen LogP contribution < -0.4 is 17.1 Å². The average Bonchev–Trinajstić information content (AvgIpc) is 2.67. The van der Waals surface area contributed by atoms with Crippen LogP contribution in [0.4, 0.5) is 0 Å². The van der Waals surface area contributed by atoms with E-state index >= 15 is 0 Å². The molecule has 0 spiro atoms. The van der Waals surface area contributed by atoms with E-state index in [1.165, 1.54) is 11.1 Å². The Hall–Kier alpha value is -2.33. The Morgan fingerprint density at radius 3 is 1.93 bits per heavy atom. The number of aliphatic hydroxyl groups is 1. The summed E-state index contributed by atoms with van der Waals surface area (Å²) in [4.78, 5) is 0. The Morgan fingerprint density at radius 2 is 1.32 bits per heavy atom. The summed E-state index contributed by atoms with van der Waals surface area (Å²) in [6.07, 6.45) is -0.516. The first kappa shape index (κ1) is 22.0. The molecule has 0 aliphatic carbocycles. The van der Waals surface area contributed by atoms with Crippen molar-refractivity contribution < 1.29 is 26.7 Å². The topological polar surface area (TPSA) is 29.5 Å². The van der Waals surface area contributed by atoms with E-state index in [0.29, 0.717) is 17.6 Å². The predicted octanol–water partition coefficient (Wildman–Crippen LogP) is 1.37. The molecule has 0 heterocycles. The van der Waals surface area contributed by atoms with Gasteiger partial charge in [0.2, 0.25) is 0 Å². The first-order valence-electron chi connectivity index (χ1n) is 9.34. The van der Waals surface area contributed by atoms with Crippen molar-refractivity contribution >= 4 is 0 Å². The number of halogens is 1. The van der Waals surface area contributed by atoms with Gasteiger partial charge in [0.15, 0.2) is 0 Å². The molecule has 1 unspecified atom stereocenters. The van der Waals surface area contributed by atoms with Crippen LogP contribution in [-0.2, 0) is 6.54 Å². The first-order valence-corrected chi connectivity index (χ1v) is 9.34. The number of hydrogen-bond acceptors (Lipinski definition) is 2. The fraction of sp³-hybridized carbons (Fsp3) is 0.250. The Bertz CT molecular complexity index is 820. The molecule has 0 aromatic heterocycles. The summed E-state index contributed by atoms with van der Waals surface area (Å²) in [5.41, 5.74) is 3.61. The van der Waals surface area contributed by atoms with Crippen LogP contribution in [-0.4, -0.2) is 42.9 Å². The van der Waals surface area contributed by atoms with Crippen molar-refractivity contribution in [2.75, 3.05) is 27.2 Å². The number of aliphatic hydroxyl groups excluding tert-OH is 1. The lowest BCUT2D eigenvalue weighted by Crippen LogP contribution is -3.00. The second-order valence-electron chi connectivity index (χ2n) is 7.62. The summed E-state index contributed by atoms with van der Waals surface area (Å²) in [5.74, 6) is 0.780. The van der Waals surface area contributed by atoms with Gasteiger partial charge in [-0.1, -0.05) is 72.8 Å². The molecule has 0 aliphatic heterocycles. The summed E-state index contributed by atoms with van der Waals surface area (Å²) in [6.45, 7) is 1.81. The molecule has 1 atom stereocenters. The van der Waals surface area contributed by atoms with Gasteiger partial charge in [-0.05, 0) is 23.3 Å². The van der Waals surface area contributed by atoms with Crippen LogP contribution in [0.2, 0.25) is 0 Å². The number of nitrogens with zero attached hydrogens (tertiary/aromatic N) is 1. The maximum Gasteiger partial charge on any atom is 0.137 e. The summed E-state index contributed by atoms with van der Waals surface area (Å²) >= 11 is 0. The number of hydrogen-bond donors (Lipinski definition) is 1. The molecule has 148 valence electrons. The van der Waals surface area contributed by atoms with E-state index in [-0.39, 0.29) is 12.4 Å². The zero-order valence-corrected chi connectivity index (χ0v) is 17.2. The van der Waals surface area contributed by atoms with Gasteiger partial charge in [-0.15, -0.1) is 0 Å². The van der Waals surface area contributed by atoms with Crippen molar-refractivity contribution in [1.82, 2.24) is 0 Å². The minimum Gasteiger partial charge on any atom is -1.00 e. The third-order valence-corrected chi connectivity index (χ3v) is 4.56. The first-order chi connectivity index (χ1) is 13.0. The maximum atomic E-state index is 10.4. The van der Waals surface area contributed by atoms with Gasteiger partial charge < -0.3 is 26.7 Å². The molecule has 28 heavy (non-hydrogen) atoms. The van der Waals surface area contributed by atoms with Gasteiger partial charge in [0.1, 0.15) is 31.5 Å². The molecule has 0 radical (unpaired) electrons. The number of ether oxygens (including phenoxy) is 1. The highest BCUT2D eigenvalue weighted by Crippen LogP contribution is 2.22. The third-order valence-electron chi connectivity index (χ3n) is 4.56. The summed E-state index contributed by atoms with van der Waals surface area (Å²) in [5, 5.41) is 10.4. The maximum absolute atomic E-state index is 10.4. The van der Waals surface area contributed by atoms with Gasteiger partial charge in [-0.25, -0.2) is 0 Å². The smallest absolute Gasteiger partial charge is 0.137 e. The van der Waals surface area contributed by atoms with Gasteiger partial charge in [-0.3, -0.25) is 0 Å². The van der Waals surface area contributed by atoms with Crippen LogP contribution >= 0.6 is 0 Å². The van der Waals surface area contributed by atoms with Gasteiger partial charge >= 0.3 is 0 Å². The Morgan fingerprint density at radius 1 is 0.786 bits per heavy atom. The lowest BCUT2D eigenvalue weighted by Gasteiger charge is -2.32. The monoisotopic (exact) mass is 397 g/mol. The number of likely N-dealkylation sites (N-methyl/N-ethyl adjacent to an activating group) is 1. The van der Waals surface area contributed by atoms with Crippen molar-refractivity contribution in [3.05, 3.63) is 90.5 Å². The Balaban J connectivity index is 0.00000280.